The molecular weight excluding hydrogens is 428 g/mol. The van der Waals surface area contributed by atoms with E-state index in [0.29, 0.717) is 24.9 Å². The number of benzene rings is 1. The van der Waals surface area contributed by atoms with E-state index in [9.17, 15) is 14.9 Å². The van der Waals surface area contributed by atoms with Crippen LogP contribution in [0.25, 0.3) is 5.52 Å². The number of nitrogens with one attached hydrogen (secondary N) is 1. The summed E-state index contributed by atoms with van der Waals surface area (Å²) in [5.74, 6) is -0.575. The predicted molar refractivity (Wildman–Crippen MR) is 130 cm³/mol. The standard InChI is InChI=1S/C27H24N4O3/c28-19-22-25(30-16-14-21-12-4-6-15-29-21)24(23-13-5-7-17-31(23)26(22)32)27(33)34-18-8-11-20-9-2-1-3-10-20/h1-7,9-10,12-13,15,17,30H,8,11,14,16,18H2. The zero-order chi connectivity index (χ0) is 23.8. The molecule has 0 unspecified atom stereocenters. The second-order valence-electron chi connectivity index (χ2n) is 7.72. The van der Waals surface area contributed by atoms with E-state index < -0.39 is 11.5 Å². The Balaban J connectivity index is 1.59. The first-order chi connectivity index (χ1) is 16.7. The number of rotatable bonds is 9. The lowest BCUT2D eigenvalue weighted by Gasteiger charge is -2.16. The van der Waals surface area contributed by atoms with Gasteiger partial charge in [0.1, 0.15) is 17.2 Å². The van der Waals surface area contributed by atoms with Crippen molar-refractivity contribution in [2.24, 2.45) is 0 Å². The number of carbonyl (C=O) groups is 1. The van der Waals surface area contributed by atoms with Crippen LogP contribution < -0.4 is 10.9 Å². The van der Waals surface area contributed by atoms with E-state index in [0.717, 1.165) is 12.1 Å². The molecule has 0 aliphatic rings. The van der Waals surface area contributed by atoms with Gasteiger partial charge in [-0.1, -0.05) is 42.5 Å². The third kappa shape index (κ3) is 5.13. The lowest BCUT2D eigenvalue weighted by molar-refractivity contribution is 0.0503. The molecule has 3 heterocycles. The molecular formula is C27H24N4O3. The van der Waals surface area contributed by atoms with Crippen molar-refractivity contribution in [3.05, 3.63) is 112 Å². The fourth-order valence-corrected chi connectivity index (χ4v) is 3.81. The highest BCUT2D eigenvalue weighted by atomic mass is 16.5. The fraction of sp³-hybridized carbons (Fsp3) is 0.185. The van der Waals surface area contributed by atoms with Gasteiger partial charge < -0.3 is 10.1 Å². The average Bonchev–Trinajstić information content (AvgIpc) is 2.88. The van der Waals surface area contributed by atoms with Crippen LogP contribution in [0.3, 0.4) is 0 Å². The highest BCUT2D eigenvalue weighted by Crippen LogP contribution is 2.24. The lowest BCUT2D eigenvalue weighted by atomic mass is 10.1. The minimum atomic E-state index is -0.575. The van der Waals surface area contributed by atoms with Crippen LogP contribution in [0.5, 0.6) is 0 Å². The SMILES string of the molecule is N#Cc1c(NCCc2ccccn2)c(C(=O)OCCCc2ccccc2)c2ccccn2c1=O. The molecule has 1 aromatic carbocycles. The quantitative estimate of drug-likeness (QED) is 0.304. The van der Waals surface area contributed by atoms with Gasteiger partial charge in [0, 0.05) is 31.1 Å². The molecule has 0 aliphatic carbocycles. The zero-order valence-corrected chi connectivity index (χ0v) is 18.6. The molecule has 7 nitrogen and oxygen atoms in total. The number of aryl methyl sites for hydroxylation is 1. The monoisotopic (exact) mass is 452 g/mol. The van der Waals surface area contributed by atoms with E-state index in [2.05, 4.69) is 10.3 Å². The summed E-state index contributed by atoms with van der Waals surface area (Å²) in [4.78, 5) is 30.4. The topological polar surface area (TPSA) is 96.5 Å². The van der Waals surface area contributed by atoms with Crippen molar-refractivity contribution >= 4 is 17.2 Å². The Labute approximate surface area is 197 Å². The summed E-state index contributed by atoms with van der Waals surface area (Å²) in [5, 5.41) is 12.9. The van der Waals surface area contributed by atoms with Crippen molar-refractivity contribution in [2.75, 3.05) is 18.5 Å². The number of fused-ring (bicyclic) bond motifs is 1. The highest BCUT2D eigenvalue weighted by Gasteiger charge is 2.24. The number of ether oxygens (including phenoxy) is 1. The number of esters is 1. The first-order valence-electron chi connectivity index (χ1n) is 11.1. The van der Waals surface area contributed by atoms with Crippen LogP contribution in [0.2, 0.25) is 0 Å². The second kappa shape index (κ2) is 10.9. The molecule has 0 saturated heterocycles. The normalized spacial score (nSPS) is 10.6. The Morgan fingerprint density at radius 2 is 1.82 bits per heavy atom. The largest absolute Gasteiger partial charge is 0.462 e. The van der Waals surface area contributed by atoms with Gasteiger partial charge in [0.15, 0.2) is 0 Å². The Bertz CT molecular complexity index is 1380. The second-order valence-corrected chi connectivity index (χ2v) is 7.72. The summed E-state index contributed by atoms with van der Waals surface area (Å²) in [5.41, 5.74) is 2.18. The number of hydrogen-bond donors (Lipinski definition) is 1. The minimum Gasteiger partial charge on any atom is -0.462 e. The van der Waals surface area contributed by atoms with Gasteiger partial charge in [0.25, 0.3) is 5.56 Å². The number of anilines is 1. The van der Waals surface area contributed by atoms with Gasteiger partial charge >= 0.3 is 5.97 Å². The Morgan fingerprint density at radius 1 is 1.03 bits per heavy atom. The van der Waals surface area contributed by atoms with E-state index in [1.165, 1.54) is 9.96 Å². The molecule has 0 atom stereocenters. The summed E-state index contributed by atoms with van der Waals surface area (Å²) in [6.45, 7) is 0.615. The minimum absolute atomic E-state index is 0.124. The van der Waals surface area contributed by atoms with Gasteiger partial charge in [-0.05, 0) is 42.7 Å². The maximum atomic E-state index is 13.2. The van der Waals surface area contributed by atoms with E-state index in [-0.39, 0.29) is 23.4 Å². The van der Waals surface area contributed by atoms with Gasteiger partial charge in [-0.25, -0.2) is 4.79 Å². The van der Waals surface area contributed by atoms with E-state index >= 15 is 0 Å². The van der Waals surface area contributed by atoms with Crippen molar-refractivity contribution in [2.45, 2.75) is 19.3 Å². The van der Waals surface area contributed by atoms with Crippen molar-refractivity contribution in [1.29, 1.82) is 5.26 Å². The molecule has 0 radical (unpaired) electrons. The zero-order valence-electron chi connectivity index (χ0n) is 18.6. The Hall–Kier alpha value is -4.44. The van der Waals surface area contributed by atoms with Crippen LogP contribution in [-0.2, 0) is 17.6 Å². The van der Waals surface area contributed by atoms with E-state index in [4.69, 9.17) is 4.74 Å². The molecule has 34 heavy (non-hydrogen) atoms. The smallest absolute Gasteiger partial charge is 0.342 e. The van der Waals surface area contributed by atoms with Gasteiger partial charge in [-0.15, -0.1) is 0 Å². The van der Waals surface area contributed by atoms with Gasteiger partial charge in [0.05, 0.1) is 17.8 Å². The molecule has 0 saturated carbocycles. The van der Waals surface area contributed by atoms with Crippen LogP contribution >= 0.6 is 0 Å². The summed E-state index contributed by atoms with van der Waals surface area (Å²) < 4.78 is 6.90. The third-order valence-corrected chi connectivity index (χ3v) is 5.46. The number of nitrogens with zero attached hydrogens (tertiary/aromatic N) is 3. The average molecular weight is 453 g/mol. The van der Waals surface area contributed by atoms with Crippen LogP contribution in [0, 0.1) is 11.3 Å². The maximum absolute atomic E-state index is 13.2. The summed E-state index contributed by atoms with van der Waals surface area (Å²) in [6.07, 6.45) is 5.25. The van der Waals surface area contributed by atoms with Crippen molar-refractivity contribution < 1.29 is 9.53 Å². The van der Waals surface area contributed by atoms with Crippen LogP contribution in [0.15, 0.2) is 83.9 Å². The van der Waals surface area contributed by atoms with Crippen molar-refractivity contribution in [3.8, 4) is 6.07 Å². The first kappa shape index (κ1) is 22.7. The maximum Gasteiger partial charge on any atom is 0.342 e. The van der Waals surface area contributed by atoms with Crippen LogP contribution in [0.1, 0.15) is 33.6 Å². The third-order valence-electron chi connectivity index (χ3n) is 5.46. The van der Waals surface area contributed by atoms with Crippen molar-refractivity contribution in [1.82, 2.24) is 9.38 Å². The Kier molecular flexibility index (Phi) is 7.31. The predicted octanol–water partition coefficient (Wildman–Crippen LogP) is 4.01. The number of pyridine rings is 3. The van der Waals surface area contributed by atoms with Crippen LogP contribution in [0.4, 0.5) is 5.69 Å². The number of nitriles is 1. The molecule has 1 N–H and O–H groups in total. The van der Waals surface area contributed by atoms with Gasteiger partial charge in [0.2, 0.25) is 0 Å². The molecule has 0 fully saturated rings. The van der Waals surface area contributed by atoms with Gasteiger partial charge in [-0.3, -0.25) is 14.2 Å². The summed E-state index contributed by atoms with van der Waals surface area (Å²) >= 11 is 0. The first-order valence-corrected chi connectivity index (χ1v) is 11.1. The number of hydrogen-bond acceptors (Lipinski definition) is 6. The molecule has 0 aliphatic heterocycles. The molecule has 7 heteroatoms. The number of aromatic nitrogens is 2. The molecule has 4 rings (SSSR count). The van der Waals surface area contributed by atoms with Gasteiger partial charge in [-0.2, -0.15) is 5.26 Å². The molecule has 0 spiro atoms. The summed E-state index contributed by atoms with van der Waals surface area (Å²) in [7, 11) is 0. The van der Waals surface area contributed by atoms with Crippen LogP contribution in [-0.4, -0.2) is 28.5 Å². The van der Waals surface area contributed by atoms with E-state index in [1.807, 2.05) is 54.6 Å². The molecule has 0 bridgehead atoms. The summed E-state index contributed by atoms with van der Waals surface area (Å²) in [6, 6.07) is 22.6. The van der Waals surface area contributed by atoms with E-state index in [1.54, 1.807) is 30.6 Å². The molecule has 0 amide bonds. The molecule has 3 aromatic heterocycles. The molecule has 170 valence electrons. The lowest BCUT2D eigenvalue weighted by Crippen LogP contribution is -2.24. The Morgan fingerprint density at radius 3 is 2.59 bits per heavy atom. The van der Waals surface area contributed by atoms with Crippen molar-refractivity contribution in [3.63, 3.8) is 0 Å². The number of carbonyl (C=O) groups excluding carboxylic acids is 1. The molecule has 4 aromatic rings. The fourth-order valence-electron chi connectivity index (χ4n) is 3.81. The highest BCUT2D eigenvalue weighted by molar-refractivity contribution is 6.04.